The van der Waals surface area contributed by atoms with Gasteiger partial charge in [0, 0.05) is 35.8 Å². The van der Waals surface area contributed by atoms with Crippen molar-refractivity contribution in [3.05, 3.63) is 72.4 Å². The molecule has 0 spiro atoms. The standard InChI is InChI=1S/C28H30F3N3O5S/c1-19(33-24-15-22(39-2)14-20-9-6-12-32-25(20)24)8-7-13-34-26(35)21(17-28(29,30)31)16-27(34,36)18-40(37,38)23-10-4-3-5-11-23/h3-6,9-12,14-16,19,33,36H,7-8,13,17-18H2,1-2H3. The molecule has 4 rings (SSSR count). The molecular formula is C28H30F3N3O5S. The summed E-state index contributed by atoms with van der Waals surface area (Å²) >= 11 is 0. The van der Waals surface area contributed by atoms with Gasteiger partial charge in [0.2, 0.25) is 0 Å². The fourth-order valence-corrected chi connectivity index (χ4v) is 6.34. The Bertz CT molecular complexity index is 1510. The molecule has 1 aromatic heterocycles. The van der Waals surface area contributed by atoms with E-state index in [9.17, 15) is 31.5 Å². The van der Waals surface area contributed by atoms with E-state index in [-0.39, 0.29) is 23.9 Å². The van der Waals surface area contributed by atoms with Crippen molar-refractivity contribution in [2.24, 2.45) is 0 Å². The van der Waals surface area contributed by atoms with E-state index in [0.29, 0.717) is 12.2 Å². The molecule has 0 aliphatic carbocycles. The van der Waals surface area contributed by atoms with Crippen molar-refractivity contribution < 1.29 is 36.2 Å². The molecule has 3 aromatic rings. The number of nitrogens with one attached hydrogen (secondary N) is 1. The van der Waals surface area contributed by atoms with Gasteiger partial charge in [0.25, 0.3) is 5.91 Å². The molecule has 12 heteroatoms. The number of benzene rings is 2. The van der Waals surface area contributed by atoms with Crippen molar-refractivity contribution in [2.75, 3.05) is 24.7 Å². The number of fused-ring (bicyclic) bond motifs is 1. The Kier molecular flexibility index (Phi) is 8.41. The molecule has 2 atom stereocenters. The molecule has 1 amide bonds. The number of hydrogen-bond acceptors (Lipinski definition) is 7. The van der Waals surface area contributed by atoms with E-state index in [1.807, 2.05) is 25.1 Å². The SMILES string of the molecule is COc1cc(NC(C)CCCN2C(=O)C(CC(F)(F)F)=CC2(O)CS(=O)(=O)c2ccccc2)c2ncccc2c1. The van der Waals surface area contributed by atoms with Gasteiger partial charge in [0.1, 0.15) is 11.5 Å². The first kappa shape index (κ1) is 29.3. The van der Waals surface area contributed by atoms with Crippen LogP contribution in [0.15, 0.2) is 77.3 Å². The van der Waals surface area contributed by atoms with Crippen LogP contribution in [0.25, 0.3) is 10.9 Å². The minimum absolute atomic E-state index is 0.106. The average Bonchev–Trinajstić information content (AvgIpc) is 3.11. The van der Waals surface area contributed by atoms with Gasteiger partial charge in [0.05, 0.1) is 29.6 Å². The van der Waals surface area contributed by atoms with Gasteiger partial charge in [-0.1, -0.05) is 24.3 Å². The van der Waals surface area contributed by atoms with Gasteiger partial charge in [-0.25, -0.2) is 8.42 Å². The van der Waals surface area contributed by atoms with Gasteiger partial charge in [0.15, 0.2) is 15.6 Å². The lowest BCUT2D eigenvalue weighted by molar-refractivity contribution is -0.145. The zero-order valence-electron chi connectivity index (χ0n) is 22.0. The maximum absolute atomic E-state index is 13.2. The molecule has 2 heterocycles. The van der Waals surface area contributed by atoms with Crippen LogP contribution in [0.4, 0.5) is 18.9 Å². The third-order valence-corrected chi connectivity index (χ3v) is 8.42. The molecule has 214 valence electrons. The first-order valence-corrected chi connectivity index (χ1v) is 14.3. The summed E-state index contributed by atoms with van der Waals surface area (Å²) in [6.07, 6.45) is -3.15. The largest absolute Gasteiger partial charge is 0.497 e. The van der Waals surface area contributed by atoms with Crippen molar-refractivity contribution in [2.45, 2.75) is 49.0 Å². The summed E-state index contributed by atoms with van der Waals surface area (Å²) in [5, 5.41) is 15.5. The van der Waals surface area contributed by atoms with Crippen LogP contribution in [0, 0.1) is 0 Å². The summed E-state index contributed by atoms with van der Waals surface area (Å²) in [5.74, 6) is -1.37. The third-order valence-electron chi connectivity index (χ3n) is 6.62. The summed E-state index contributed by atoms with van der Waals surface area (Å²) in [4.78, 5) is 18.1. The van der Waals surface area contributed by atoms with E-state index in [4.69, 9.17) is 4.74 Å². The molecule has 1 aliphatic rings. The quantitative estimate of drug-likeness (QED) is 0.340. The summed E-state index contributed by atoms with van der Waals surface area (Å²) in [5.41, 5.74) is -1.65. The van der Waals surface area contributed by atoms with Crippen molar-refractivity contribution in [1.82, 2.24) is 9.88 Å². The number of sulfone groups is 1. The molecular weight excluding hydrogens is 547 g/mol. The Morgan fingerprint density at radius 1 is 1.15 bits per heavy atom. The van der Waals surface area contributed by atoms with Gasteiger partial charge >= 0.3 is 6.18 Å². The van der Waals surface area contributed by atoms with E-state index >= 15 is 0 Å². The monoisotopic (exact) mass is 577 g/mol. The van der Waals surface area contributed by atoms with Crippen molar-refractivity contribution >= 4 is 32.3 Å². The first-order chi connectivity index (χ1) is 18.8. The predicted molar refractivity (Wildman–Crippen MR) is 145 cm³/mol. The number of aliphatic hydroxyl groups is 1. The number of halogens is 3. The molecule has 40 heavy (non-hydrogen) atoms. The summed E-state index contributed by atoms with van der Waals surface area (Å²) in [6.45, 7) is 1.74. The van der Waals surface area contributed by atoms with Gasteiger partial charge in [-0.15, -0.1) is 0 Å². The lowest BCUT2D eigenvalue weighted by atomic mass is 10.1. The van der Waals surface area contributed by atoms with E-state index in [1.165, 1.54) is 24.3 Å². The number of aromatic nitrogens is 1. The third kappa shape index (κ3) is 6.73. The van der Waals surface area contributed by atoms with Gasteiger partial charge < -0.3 is 20.1 Å². The summed E-state index contributed by atoms with van der Waals surface area (Å²) in [6, 6.07) is 14.4. The second-order valence-electron chi connectivity index (χ2n) is 9.81. The topological polar surface area (TPSA) is 109 Å². The van der Waals surface area contributed by atoms with E-state index in [1.54, 1.807) is 25.4 Å². The van der Waals surface area contributed by atoms with E-state index in [0.717, 1.165) is 27.6 Å². The average molecular weight is 578 g/mol. The number of carbonyl (C=O) groups is 1. The van der Waals surface area contributed by atoms with Crippen LogP contribution in [0.2, 0.25) is 0 Å². The summed E-state index contributed by atoms with van der Waals surface area (Å²) in [7, 11) is -2.58. The minimum atomic E-state index is -4.71. The highest BCUT2D eigenvalue weighted by atomic mass is 32.2. The molecule has 0 bridgehead atoms. The zero-order valence-corrected chi connectivity index (χ0v) is 22.8. The zero-order chi connectivity index (χ0) is 29.1. The lowest BCUT2D eigenvalue weighted by Gasteiger charge is -2.33. The molecule has 0 saturated heterocycles. The van der Waals surface area contributed by atoms with Crippen LogP contribution >= 0.6 is 0 Å². The molecule has 0 radical (unpaired) electrons. The molecule has 8 nitrogen and oxygen atoms in total. The number of anilines is 1. The number of nitrogens with zero attached hydrogens (tertiary/aromatic N) is 2. The normalized spacial score (nSPS) is 18.6. The van der Waals surface area contributed by atoms with Crippen LogP contribution in [0.1, 0.15) is 26.2 Å². The Hall–Kier alpha value is -3.64. The molecule has 0 fully saturated rings. The molecule has 2 N–H and O–H groups in total. The highest BCUT2D eigenvalue weighted by molar-refractivity contribution is 7.91. The van der Waals surface area contributed by atoms with Crippen LogP contribution in [-0.2, 0) is 14.6 Å². The smallest absolute Gasteiger partial charge is 0.393 e. The Morgan fingerprint density at radius 3 is 2.55 bits per heavy atom. The fraction of sp³-hybridized carbons (Fsp3) is 0.357. The van der Waals surface area contributed by atoms with Crippen LogP contribution < -0.4 is 10.1 Å². The highest BCUT2D eigenvalue weighted by Gasteiger charge is 2.48. The number of methoxy groups -OCH3 is 1. The summed E-state index contributed by atoms with van der Waals surface area (Å²) < 4.78 is 70.9. The molecule has 1 aliphatic heterocycles. The Balaban J connectivity index is 1.50. The maximum atomic E-state index is 13.2. The minimum Gasteiger partial charge on any atom is -0.497 e. The second-order valence-corrected chi connectivity index (χ2v) is 11.8. The number of pyridine rings is 1. The van der Waals surface area contributed by atoms with Gasteiger partial charge in [-0.05, 0) is 50.1 Å². The fourth-order valence-electron chi connectivity index (χ4n) is 4.80. The van der Waals surface area contributed by atoms with E-state index < -0.39 is 45.4 Å². The number of ether oxygens (including phenoxy) is 1. The molecule has 2 aromatic carbocycles. The number of hydrogen-bond donors (Lipinski definition) is 2. The maximum Gasteiger partial charge on any atom is 0.393 e. The molecule has 0 saturated carbocycles. The van der Waals surface area contributed by atoms with Gasteiger partial charge in [-0.3, -0.25) is 9.78 Å². The van der Waals surface area contributed by atoms with Crippen molar-refractivity contribution in [1.29, 1.82) is 0 Å². The first-order valence-electron chi connectivity index (χ1n) is 12.6. The second kappa shape index (κ2) is 11.5. The number of amides is 1. The molecule has 2 unspecified atom stereocenters. The highest BCUT2D eigenvalue weighted by Crippen LogP contribution is 2.36. The van der Waals surface area contributed by atoms with Crippen LogP contribution in [-0.4, -0.2) is 66.7 Å². The van der Waals surface area contributed by atoms with E-state index in [2.05, 4.69) is 10.3 Å². The predicted octanol–water partition coefficient (Wildman–Crippen LogP) is 4.71. The number of rotatable bonds is 11. The van der Waals surface area contributed by atoms with Crippen LogP contribution in [0.3, 0.4) is 0 Å². The van der Waals surface area contributed by atoms with Crippen LogP contribution in [0.5, 0.6) is 5.75 Å². The number of alkyl halides is 3. The number of carbonyl (C=O) groups excluding carboxylic acids is 1. The van der Waals surface area contributed by atoms with Crippen molar-refractivity contribution in [3.8, 4) is 5.75 Å². The van der Waals surface area contributed by atoms with Crippen molar-refractivity contribution in [3.63, 3.8) is 0 Å². The lowest BCUT2D eigenvalue weighted by Crippen LogP contribution is -2.51. The Labute approximate surface area is 230 Å². The van der Waals surface area contributed by atoms with Gasteiger partial charge in [-0.2, -0.15) is 13.2 Å². The Morgan fingerprint density at radius 2 is 1.88 bits per heavy atom.